The number of hydrogen-bond donors (Lipinski definition) is 0. The van der Waals surface area contributed by atoms with E-state index in [1.54, 1.807) is 11.8 Å². The Hall–Kier alpha value is -2.04. The van der Waals surface area contributed by atoms with Crippen molar-refractivity contribution in [3.05, 3.63) is 29.8 Å². The molecule has 1 amide bonds. The van der Waals surface area contributed by atoms with Gasteiger partial charge in [-0.25, -0.2) is 4.79 Å². The van der Waals surface area contributed by atoms with Crippen LogP contribution < -0.4 is 4.74 Å². The van der Waals surface area contributed by atoms with E-state index in [9.17, 15) is 9.59 Å². The van der Waals surface area contributed by atoms with Gasteiger partial charge in [-0.3, -0.25) is 4.79 Å². The van der Waals surface area contributed by atoms with Crippen LogP contribution in [0.1, 0.15) is 25.3 Å². The number of carbonyl (C=O) groups excluding carboxylic acids is 2. The molecule has 1 heterocycles. The number of hydrogen-bond acceptors (Lipinski definition) is 4. The van der Waals surface area contributed by atoms with Gasteiger partial charge < -0.3 is 14.4 Å². The van der Waals surface area contributed by atoms with Crippen LogP contribution >= 0.6 is 0 Å². The molecule has 1 atom stereocenters. The number of amides is 1. The molecule has 114 valence electrons. The van der Waals surface area contributed by atoms with E-state index >= 15 is 0 Å². The minimum atomic E-state index is -0.459. The van der Waals surface area contributed by atoms with Gasteiger partial charge in [0.2, 0.25) is 0 Å². The summed E-state index contributed by atoms with van der Waals surface area (Å²) >= 11 is 0. The number of carbonyl (C=O) groups is 2. The highest BCUT2D eigenvalue weighted by atomic mass is 16.5. The van der Waals surface area contributed by atoms with Crippen molar-refractivity contribution in [3.8, 4) is 5.75 Å². The smallest absolute Gasteiger partial charge is 0.328 e. The highest BCUT2D eigenvalue weighted by Gasteiger charge is 2.35. The maximum atomic E-state index is 12.2. The van der Waals surface area contributed by atoms with Gasteiger partial charge in [0.1, 0.15) is 11.8 Å². The van der Waals surface area contributed by atoms with Crippen LogP contribution in [0.25, 0.3) is 0 Å². The van der Waals surface area contributed by atoms with Gasteiger partial charge in [0.15, 0.2) is 6.61 Å². The lowest BCUT2D eigenvalue weighted by molar-refractivity contribution is -0.153. The molecule has 1 saturated heterocycles. The highest BCUT2D eigenvalue weighted by Crippen LogP contribution is 2.19. The molecule has 0 spiro atoms. The Bertz CT molecular complexity index is 498. The van der Waals surface area contributed by atoms with E-state index in [0.29, 0.717) is 25.3 Å². The average Bonchev–Trinajstić information content (AvgIpc) is 2.96. The minimum Gasteiger partial charge on any atom is -0.484 e. The molecule has 0 radical (unpaired) electrons. The molecule has 1 aromatic carbocycles. The van der Waals surface area contributed by atoms with E-state index in [2.05, 4.69) is 0 Å². The Morgan fingerprint density at radius 1 is 1.29 bits per heavy atom. The molecule has 0 bridgehead atoms. The van der Waals surface area contributed by atoms with Crippen molar-refractivity contribution in [2.45, 2.75) is 32.7 Å². The lowest BCUT2D eigenvalue weighted by atomic mass is 10.2. The predicted octanol–water partition coefficient (Wildman–Crippen LogP) is 1.93. The number of esters is 1. The van der Waals surface area contributed by atoms with Gasteiger partial charge in [-0.05, 0) is 38.8 Å². The molecule has 2 rings (SSSR count). The van der Waals surface area contributed by atoms with Crippen LogP contribution in [0.4, 0.5) is 0 Å². The highest BCUT2D eigenvalue weighted by molar-refractivity contribution is 5.86. The Morgan fingerprint density at radius 3 is 2.67 bits per heavy atom. The molecular formula is C16H21NO4. The molecule has 5 nitrogen and oxygen atoms in total. The van der Waals surface area contributed by atoms with E-state index < -0.39 is 6.04 Å². The molecule has 1 aliphatic rings. The molecule has 1 aromatic rings. The van der Waals surface area contributed by atoms with Crippen LogP contribution in [0.3, 0.4) is 0 Å². The number of rotatable bonds is 5. The number of aryl methyl sites for hydroxylation is 1. The fourth-order valence-electron chi connectivity index (χ4n) is 2.41. The fraction of sp³-hybridized carbons (Fsp3) is 0.500. The van der Waals surface area contributed by atoms with E-state index in [1.165, 1.54) is 0 Å². The molecule has 0 aliphatic carbocycles. The molecule has 5 heteroatoms. The van der Waals surface area contributed by atoms with Gasteiger partial charge in [-0.2, -0.15) is 0 Å². The topological polar surface area (TPSA) is 55.8 Å². The first-order valence-electron chi connectivity index (χ1n) is 7.27. The minimum absolute atomic E-state index is 0.0566. The lowest BCUT2D eigenvalue weighted by Gasteiger charge is -2.23. The summed E-state index contributed by atoms with van der Waals surface area (Å²) in [5, 5.41) is 0. The van der Waals surface area contributed by atoms with Crippen LogP contribution in [0.15, 0.2) is 24.3 Å². The van der Waals surface area contributed by atoms with E-state index in [4.69, 9.17) is 9.47 Å². The summed E-state index contributed by atoms with van der Waals surface area (Å²) in [6.45, 7) is 4.61. The van der Waals surface area contributed by atoms with Gasteiger partial charge in [0.05, 0.1) is 6.61 Å². The summed E-state index contributed by atoms with van der Waals surface area (Å²) in [4.78, 5) is 25.6. The molecule has 0 N–H and O–H groups in total. The Labute approximate surface area is 124 Å². The third-order valence-corrected chi connectivity index (χ3v) is 3.52. The first-order chi connectivity index (χ1) is 10.1. The van der Waals surface area contributed by atoms with E-state index in [-0.39, 0.29) is 18.5 Å². The normalized spacial score (nSPS) is 17.6. The molecular weight excluding hydrogens is 270 g/mol. The first kappa shape index (κ1) is 15.4. The second-order valence-electron chi connectivity index (χ2n) is 5.10. The van der Waals surface area contributed by atoms with Crippen molar-refractivity contribution < 1.29 is 19.1 Å². The number of ether oxygens (including phenoxy) is 2. The Balaban J connectivity index is 1.90. The Kier molecular flexibility index (Phi) is 5.20. The van der Waals surface area contributed by atoms with Crippen molar-refractivity contribution in [1.29, 1.82) is 0 Å². The van der Waals surface area contributed by atoms with Gasteiger partial charge in [-0.15, -0.1) is 0 Å². The van der Waals surface area contributed by atoms with Gasteiger partial charge in [0.25, 0.3) is 5.91 Å². The number of benzene rings is 1. The summed E-state index contributed by atoms with van der Waals surface area (Å²) in [6, 6.07) is 7.05. The molecule has 0 aromatic heterocycles. The van der Waals surface area contributed by atoms with Crippen LogP contribution in [0.2, 0.25) is 0 Å². The average molecular weight is 291 g/mol. The van der Waals surface area contributed by atoms with Crippen LogP contribution in [-0.2, 0) is 14.3 Å². The fourth-order valence-corrected chi connectivity index (χ4v) is 2.41. The van der Waals surface area contributed by atoms with Crippen molar-refractivity contribution in [2.75, 3.05) is 19.8 Å². The third-order valence-electron chi connectivity index (χ3n) is 3.52. The maximum absolute atomic E-state index is 12.2. The van der Waals surface area contributed by atoms with Crippen LogP contribution in [0.5, 0.6) is 5.75 Å². The number of nitrogens with zero attached hydrogens (tertiary/aromatic N) is 1. The summed E-state index contributed by atoms with van der Waals surface area (Å²) in [6.07, 6.45) is 1.48. The summed E-state index contributed by atoms with van der Waals surface area (Å²) in [7, 11) is 0. The second-order valence-corrected chi connectivity index (χ2v) is 5.10. The third kappa shape index (κ3) is 3.97. The summed E-state index contributed by atoms with van der Waals surface area (Å²) in [5.74, 6) is 0.158. The van der Waals surface area contributed by atoms with Crippen molar-refractivity contribution >= 4 is 11.9 Å². The van der Waals surface area contributed by atoms with Crippen molar-refractivity contribution in [1.82, 2.24) is 4.90 Å². The standard InChI is InChI=1S/C16H21NO4/c1-3-20-16(19)14-5-4-10-17(14)15(18)11-21-13-8-6-12(2)7-9-13/h6-9,14H,3-5,10-11H2,1-2H3. The zero-order valence-corrected chi connectivity index (χ0v) is 12.5. The molecule has 1 fully saturated rings. The first-order valence-corrected chi connectivity index (χ1v) is 7.27. The zero-order chi connectivity index (χ0) is 15.2. The van der Waals surface area contributed by atoms with Gasteiger partial charge >= 0.3 is 5.97 Å². The molecule has 1 unspecified atom stereocenters. The van der Waals surface area contributed by atoms with E-state index in [1.807, 2.05) is 31.2 Å². The molecule has 1 aliphatic heterocycles. The summed E-state index contributed by atoms with van der Waals surface area (Å²) in [5.41, 5.74) is 1.13. The lowest BCUT2D eigenvalue weighted by Crippen LogP contribution is -2.43. The Morgan fingerprint density at radius 2 is 2.00 bits per heavy atom. The van der Waals surface area contributed by atoms with Crippen molar-refractivity contribution in [3.63, 3.8) is 0 Å². The second kappa shape index (κ2) is 7.11. The molecule has 0 saturated carbocycles. The van der Waals surface area contributed by atoms with Gasteiger partial charge in [0, 0.05) is 6.54 Å². The largest absolute Gasteiger partial charge is 0.484 e. The quantitative estimate of drug-likeness (QED) is 0.778. The predicted molar refractivity (Wildman–Crippen MR) is 78.0 cm³/mol. The van der Waals surface area contributed by atoms with Crippen LogP contribution in [0, 0.1) is 6.92 Å². The number of likely N-dealkylation sites (tertiary alicyclic amines) is 1. The monoisotopic (exact) mass is 291 g/mol. The van der Waals surface area contributed by atoms with Gasteiger partial charge in [-0.1, -0.05) is 17.7 Å². The van der Waals surface area contributed by atoms with E-state index in [0.717, 1.165) is 12.0 Å². The SMILES string of the molecule is CCOC(=O)C1CCCN1C(=O)COc1ccc(C)cc1. The zero-order valence-electron chi connectivity index (χ0n) is 12.5. The summed E-state index contributed by atoms with van der Waals surface area (Å²) < 4.78 is 10.5. The van der Waals surface area contributed by atoms with Crippen molar-refractivity contribution in [2.24, 2.45) is 0 Å². The molecule has 21 heavy (non-hydrogen) atoms. The van der Waals surface area contributed by atoms with Crippen LogP contribution in [-0.4, -0.2) is 42.6 Å². The maximum Gasteiger partial charge on any atom is 0.328 e.